The van der Waals surface area contributed by atoms with E-state index in [1.807, 2.05) is 29.6 Å². The summed E-state index contributed by atoms with van der Waals surface area (Å²) >= 11 is 0. The molecule has 0 saturated carbocycles. The van der Waals surface area contributed by atoms with Gasteiger partial charge in [0, 0.05) is 26.0 Å². The van der Waals surface area contributed by atoms with Crippen LogP contribution in [0.4, 0.5) is 5.95 Å². The van der Waals surface area contributed by atoms with E-state index in [0.717, 1.165) is 37.3 Å². The second-order valence-corrected chi connectivity index (χ2v) is 4.61. The van der Waals surface area contributed by atoms with Crippen molar-refractivity contribution in [2.45, 2.75) is 19.8 Å². The zero-order chi connectivity index (χ0) is 14.2. The number of hydrogen-bond donors (Lipinski definition) is 1. The van der Waals surface area contributed by atoms with E-state index in [-0.39, 0.29) is 0 Å². The predicted molar refractivity (Wildman–Crippen MR) is 78.1 cm³/mol. The number of ether oxygens (including phenoxy) is 2. The van der Waals surface area contributed by atoms with E-state index in [1.165, 1.54) is 0 Å². The van der Waals surface area contributed by atoms with Gasteiger partial charge in [-0.25, -0.2) is 4.52 Å². The third-order valence-electron chi connectivity index (χ3n) is 2.98. The van der Waals surface area contributed by atoms with Gasteiger partial charge in [-0.15, -0.1) is 5.10 Å². The van der Waals surface area contributed by atoms with Gasteiger partial charge in [0.25, 0.3) is 0 Å². The Morgan fingerprint density at radius 1 is 1.20 bits per heavy atom. The van der Waals surface area contributed by atoms with Crippen molar-refractivity contribution in [3.8, 4) is 0 Å². The molecule has 20 heavy (non-hydrogen) atoms. The first-order valence-corrected chi connectivity index (χ1v) is 6.94. The van der Waals surface area contributed by atoms with E-state index in [9.17, 15) is 0 Å². The maximum absolute atomic E-state index is 5.40. The van der Waals surface area contributed by atoms with Crippen LogP contribution in [0, 0.1) is 6.92 Å². The maximum Gasteiger partial charge on any atom is 0.243 e. The van der Waals surface area contributed by atoms with Gasteiger partial charge >= 0.3 is 0 Å². The summed E-state index contributed by atoms with van der Waals surface area (Å²) in [4.78, 5) is 4.42. The molecule has 0 aliphatic carbocycles. The molecule has 0 radical (unpaired) electrons. The highest BCUT2D eigenvalue weighted by molar-refractivity contribution is 5.44. The Labute approximate surface area is 119 Å². The Morgan fingerprint density at radius 3 is 2.90 bits per heavy atom. The Balaban J connectivity index is 1.67. The first-order chi connectivity index (χ1) is 9.81. The van der Waals surface area contributed by atoms with Crippen molar-refractivity contribution in [2.75, 3.05) is 38.8 Å². The number of methoxy groups -OCH3 is 1. The quantitative estimate of drug-likeness (QED) is 0.710. The number of aromatic nitrogens is 3. The molecular formula is C14H22N4O2. The minimum Gasteiger partial charge on any atom is -0.382 e. The summed E-state index contributed by atoms with van der Waals surface area (Å²) in [6, 6.07) is 5.96. The molecule has 0 saturated heterocycles. The molecule has 110 valence electrons. The Bertz CT molecular complexity index is 527. The van der Waals surface area contributed by atoms with Crippen LogP contribution < -0.4 is 5.32 Å². The largest absolute Gasteiger partial charge is 0.382 e. The lowest BCUT2D eigenvalue weighted by Gasteiger charge is -2.03. The lowest BCUT2D eigenvalue weighted by atomic mass is 10.3. The Kier molecular flexibility index (Phi) is 5.76. The van der Waals surface area contributed by atoms with Crippen LogP contribution in [0.1, 0.15) is 18.5 Å². The van der Waals surface area contributed by atoms with Crippen LogP contribution >= 0.6 is 0 Å². The number of nitrogens with one attached hydrogen (secondary N) is 1. The number of aryl methyl sites for hydroxylation is 1. The fraction of sp³-hybridized carbons (Fsp3) is 0.571. The lowest BCUT2D eigenvalue weighted by Crippen LogP contribution is -2.07. The van der Waals surface area contributed by atoms with E-state index >= 15 is 0 Å². The molecule has 0 bridgehead atoms. The fourth-order valence-corrected chi connectivity index (χ4v) is 1.88. The molecule has 1 N–H and O–H groups in total. The molecule has 0 amide bonds. The van der Waals surface area contributed by atoms with Crippen LogP contribution in [0.2, 0.25) is 0 Å². The van der Waals surface area contributed by atoms with Crippen LogP contribution in [-0.2, 0) is 9.47 Å². The van der Waals surface area contributed by atoms with E-state index in [0.29, 0.717) is 19.2 Å². The average molecular weight is 278 g/mol. The molecule has 2 heterocycles. The highest BCUT2D eigenvalue weighted by Crippen LogP contribution is 2.07. The molecule has 0 atom stereocenters. The zero-order valence-electron chi connectivity index (χ0n) is 12.1. The molecule has 2 aromatic heterocycles. The van der Waals surface area contributed by atoms with Crippen LogP contribution in [0.15, 0.2) is 18.2 Å². The predicted octanol–water partition coefficient (Wildman–Crippen LogP) is 1.89. The minimum atomic E-state index is 0.656. The summed E-state index contributed by atoms with van der Waals surface area (Å²) in [5.74, 6) is 0.680. The van der Waals surface area contributed by atoms with Crippen LogP contribution in [0.3, 0.4) is 0 Å². The second kappa shape index (κ2) is 7.81. The smallest absolute Gasteiger partial charge is 0.243 e. The SMILES string of the molecule is COCCOCCCCNc1nc2cccc(C)n2n1. The van der Waals surface area contributed by atoms with E-state index in [4.69, 9.17) is 9.47 Å². The number of fused-ring (bicyclic) bond motifs is 1. The van der Waals surface area contributed by atoms with Gasteiger partial charge in [0.1, 0.15) is 0 Å². The number of unbranched alkanes of at least 4 members (excludes halogenated alkanes) is 1. The molecule has 0 aliphatic heterocycles. The zero-order valence-corrected chi connectivity index (χ0v) is 12.1. The summed E-state index contributed by atoms with van der Waals surface area (Å²) in [5.41, 5.74) is 1.95. The maximum atomic E-state index is 5.40. The molecule has 0 unspecified atom stereocenters. The van der Waals surface area contributed by atoms with Crippen molar-refractivity contribution in [2.24, 2.45) is 0 Å². The standard InChI is InChI=1S/C14H22N4O2/c1-12-6-5-7-13-16-14(17-18(12)13)15-8-3-4-9-20-11-10-19-2/h5-7H,3-4,8-11H2,1-2H3,(H,15,17). The third kappa shape index (κ3) is 4.18. The number of hydrogen-bond acceptors (Lipinski definition) is 5. The molecule has 6 heteroatoms. The molecule has 2 aromatic rings. The van der Waals surface area contributed by atoms with Gasteiger partial charge in [-0.05, 0) is 31.9 Å². The van der Waals surface area contributed by atoms with Crippen molar-refractivity contribution in [1.29, 1.82) is 0 Å². The summed E-state index contributed by atoms with van der Waals surface area (Å²) in [6.07, 6.45) is 2.05. The first-order valence-electron chi connectivity index (χ1n) is 6.94. The normalized spacial score (nSPS) is 11.1. The van der Waals surface area contributed by atoms with E-state index < -0.39 is 0 Å². The highest BCUT2D eigenvalue weighted by Gasteiger charge is 2.03. The Morgan fingerprint density at radius 2 is 2.10 bits per heavy atom. The molecular weight excluding hydrogens is 256 g/mol. The van der Waals surface area contributed by atoms with Gasteiger partial charge in [0.2, 0.25) is 5.95 Å². The number of anilines is 1. The minimum absolute atomic E-state index is 0.656. The summed E-state index contributed by atoms with van der Waals surface area (Å²) in [7, 11) is 1.68. The fourth-order valence-electron chi connectivity index (χ4n) is 1.88. The topological polar surface area (TPSA) is 60.7 Å². The van der Waals surface area contributed by atoms with Crippen molar-refractivity contribution >= 4 is 11.6 Å². The number of pyridine rings is 1. The molecule has 0 spiro atoms. The monoisotopic (exact) mass is 278 g/mol. The highest BCUT2D eigenvalue weighted by atomic mass is 16.5. The van der Waals surface area contributed by atoms with Crippen molar-refractivity contribution in [1.82, 2.24) is 14.6 Å². The molecule has 2 rings (SSSR count). The van der Waals surface area contributed by atoms with Gasteiger partial charge in [-0.2, -0.15) is 4.98 Å². The molecule has 6 nitrogen and oxygen atoms in total. The lowest BCUT2D eigenvalue weighted by molar-refractivity contribution is 0.0691. The molecule has 0 aromatic carbocycles. The number of rotatable bonds is 9. The van der Waals surface area contributed by atoms with E-state index in [1.54, 1.807) is 7.11 Å². The molecule has 0 fully saturated rings. The van der Waals surface area contributed by atoms with Crippen molar-refractivity contribution < 1.29 is 9.47 Å². The third-order valence-corrected chi connectivity index (χ3v) is 2.98. The summed E-state index contributed by atoms with van der Waals surface area (Å²) in [6.45, 7) is 4.95. The van der Waals surface area contributed by atoms with Crippen molar-refractivity contribution in [3.05, 3.63) is 23.9 Å². The van der Waals surface area contributed by atoms with Gasteiger partial charge in [-0.3, -0.25) is 0 Å². The van der Waals surface area contributed by atoms with Gasteiger partial charge < -0.3 is 14.8 Å². The van der Waals surface area contributed by atoms with Gasteiger partial charge in [0.15, 0.2) is 5.65 Å². The summed E-state index contributed by atoms with van der Waals surface area (Å²) in [5, 5.41) is 7.66. The molecule has 0 aliphatic rings. The van der Waals surface area contributed by atoms with Gasteiger partial charge in [0.05, 0.1) is 13.2 Å². The van der Waals surface area contributed by atoms with Crippen molar-refractivity contribution in [3.63, 3.8) is 0 Å². The van der Waals surface area contributed by atoms with Crippen LogP contribution in [-0.4, -0.2) is 48.1 Å². The second-order valence-electron chi connectivity index (χ2n) is 4.61. The average Bonchev–Trinajstić information content (AvgIpc) is 2.86. The van der Waals surface area contributed by atoms with Gasteiger partial charge in [-0.1, -0.05) is 6.07 Å². The summed E-state index contributed by atoms with van der Waals surface area (Å²) < 4.78 is 12.2. The van der Waals surface area contributed by atoms with Crippen LogP contribution in [0.5, 0.6) is 0 Å². The van der Waals surface area contributed by atoms with Crippen LogP contribution in [0.25, 0.3) is 5.65 Å². The number of nitrogens with zero attached hydrogens (tertiary/aromatic N) is 3. The van der Waals surface area contributed by atoms with E-state index in [2.05, 4.69) is 15.4 Å². The first kappa shape index (κ1) is 14.7. The Hall–Kier alpha value is -1.66.